The monoisotopic (exact) mass is 214 g/mol. The summed E-state index contributed by atoms with van der Waals surface area (Å²) in [6.45, 7) is 9.45. The van der Waals surface area contributed by atoms with E-state index in [-0.39, 0.29) is 0 Å². The third-order valence-corrected chi connectivity index (χ3v) is 3.03. The molecule has 1 atom stereocenters. The Bertz CT molecular complexity index is 135. The summed E-state index contributed by atoms with van der Waals surface area (Å²) in [4.78, 5) is 0. The Hall–Kier alpha value is -0.0400. The molecule has 0 spiro atoms. The number of hydrogen-bond acceptors (Lipinski definition) is 1. The van der Waals surface area contributed by atoms with Crippen LogP contribution in [0.5, 0.6) is 0 Å². The molecule has 0 bridgehead atoms. The predicted octanol–water partition coefficient (Wildman–Crippen LogP) is 4.39. The molecule has 1 heteroatoms. The van der Waals surface area contributed by atoms with E-state index >= 15 is 0 Å². The summed E-state index contributed by atoms with van der Waals surface area (Å²) in [5, 5.41) is 9.28. The maximum Gasteiger partial charge on any atom is 0.0459 e. The lowest BCUT2D eigenvalue weighted by atomic mass is 9.85. The molecule has 0 saturated carbocycles. The van der Waals surface area contributed by atoms with Crippen LogP contribution in [0.15, 0.2) is 0 Å². The van der Waals surface area contributed by atoms with Gasteiger partial charge in [0.25, 0.3) is 0 Å². The van der Waals surface area contributed by atoms with Crippen molar-refractivity contribution >= 4 is 0 Å². The summed E-state index contributed by atoms with van der Waals surface area (Å²) < 4.78 is 0. The fourth-order valence-corrected chi connectivity index (χ4v) is 1.82. The Morgan fingerprint density at radius 2 is 1.67 bits per heavy atom. The molecule has 0 fully saturated rings. The largest absolute Gasteiger partial charge is 0.396 e. The van der Waals surface area contributed by atoms with Crippen molar-refractivity contribution in [2.24, 2.45) is 11.3 Å². The molecule has 1 N–H and O–H groups in total. The minimum absolute atomic E-state index is 0.377. The Morgan fingerprint density at radius 3 is 2.13 bits per heavy atom. The average Bonchev–Trinajstić information content (AvgIpc) is 2.15. The molecular formula is C14H30O. The van der Waals surface area contributed by atoms with Gasteiger partial charge in [0.2, 0.25) is 0 Å². The summed E-state index contributed by atoms with van der Waals surface area (Å²) >= 11 is 0. The molecule has 0 unspecified atom stereocenters. The van der Waals surface area contributed by atoms with Crippen LogP contribution in [0.25, 0.3) is 0 Å². The second-order valence-corrected chi connectivity index (χ2v) is 6.00. The van der Waals surface area contributed by atoms with E-state index in [1.54, 1.807) is 0 Å². The molecule has 0 aliphatic rings. The zero-order valence-electron chi connectivity index (χ0n) is 11.2. The fraction of sp³-hybridized carbons (Fsp3) is 1.00. The summed E-state index contributed by atoms with van der Waals surface area (Å²) in [6.07, 6.45) is 8.90. The first-order chi connectivity index (χ1) is 6.99. The normalized spacial score (nSPS) is 14.2. The fourth-order valence-electron chi connectivity index (χ4n) is 1.82. The molecule has 0 aromatic carbocycles. The molecule has 0 aromatic heterocycles. The molecule has 0 aliphatic heterocycles. The van der Waals surface area contributed by atoms with Crippen LogP contribution in [0.4, 0.5) is 0 Å². The lowest BCUT2D eigenvalue weighted by Gasteiger charge is -2.21. The SMILES string of the molecule is CCCCCC[C@H](CO)CCC(C)(C)C. The van der Waals surface area contributed by atoms with Crippen LogP contribution in [-0.4, -0.2) is 11.7 Å². The molecule has 0 aromatic rings. The third kappa shape index (κ3) is 10.2. The van der Waals surface area contributed by atoms with E-state index in [9.17, 15) is 5.11 Å². The van der Waals surface area contributed by atoms with Crippen LogP contribution in [0.2, 0.25) is 0 Å². The van der Waals surface area contributed by atoms with Gasteiger partial charge in [-0.05, 0) is 30.6 Å². The first kappa shape index (κ1) is 15.0. The molecule has 0 aliphatic carbocycles. The van der Waals surface area contributed by atoms with Crippen molar-refractivity contribution < 1.29 is 5.11 Å². The van der Waals surface area contributed by atoms with Gasteiger partial charge in [0.15, 0.2) is 0 Å². The van der Waals surface area contributed by atoms with Crippen LogP contribution < -0.4 is 0 Å². The topological polar surface area (TPSA) is 20.2 Å². The molecule has 0 saturated heterocycles. The van der Waals surface area contributed by atoms with Gasteiger partial charge in [0.1, 0.15) is 0 Å². The molecule has 0 radical (unpaired) electrons. The summed E-state index contributed by atoms with van der Waals surface area (Å²) in [5.74, 6) is 0.543. The van der Waals surface area contributed by atoms with Crippen molar-refractivity contribution in [2.75, 3.05) is 6.61 Å². The van der Waals surface area contributed by atoms with Crippen molar-refractivity contribution in [3.8, 4) is 0 Å². The zero-order chi connectivity index (χ0) is 11.7. The van der Waals surface area contributed by atoms with Crippen LogP contribution >= 0.6 is 0 Å². The van der Waals surface area contributed by atoms with Gasteiger partial charge in [-0.2, -0.15) is 0 Å². The Kier molecular flexibility index (Phi) is 8.13. The molecule has 0 rings (SSSR count). The van der Waals surface area contributed by atoms with Gasteiger partial charge in [0.05, 0.1) is 0 Å². The summed E-state index contributed by atoms with van der Waals surface area (Å²) in [5.41, 5.74) is 0.414. The van der Waals surface area contributed by atoms with E-state index in [1.165, 1.54) is 44.9 Å². The highest BCUT2D eigenvalue weighted by molar-refractivity contribution is 4.66. The van der Waals surface area contributed by atoms with Crippen molar-refractivity contribution in [3.63, 3.8) is 0 Å². The van der Waals surface area contributed by atoms with E-state index < -0.39 is 0 Å². The van der Waals surface area contributed by atoms with E-state index in [1.807, 2.05) is 0 Å². The summed E-state index contributed by atoms with van der Waals surface area (Å²) in [7, 11) is 0. The third-order valence-electron chi connectivity index (χ3n) is 3.03. The van der Waals surface area contributed by atoms with Crippen LogP contribution in [0.1, 0.15) is 72.6 Å². The number of rotatable bonds is 8. The maximum absolute atomic E-state index is 9.28. The van der Waals surface area contributed by atoms with Crippen LogP contribution in [0.3, 0.4) is 0 Å². The van der Waals surface area contributed by atoms with Crippen LogP contribution in [0, 0.1) is 11.3 Å². The van der Waals surface area contributed by atoms with Gasteiger partial charge in [-0.3, -0.25) is 0 Å². The lowest BCUT2D eigenvalue weighted by molar-refractivity contribution is 0.190. The molecular weight excluding hydrogens is 184 g/mol. The molecule has 0 amide bonds. The van der Waals surface area contributed by atoms with E-state index in [0.717, 1.165) is 0 Å². The molecule has 15 heavy (non-hydrogen) atoms. The van der Waals surface area contributed by atoms with Gasteiger partial charge in [-0.25, -0.2) is 0 Å². The average molecular weight is 214 g/mol. The highest BCUT2D eigenvalue weighted by atomic mass is 16.3. The Labute approximate surface area is 96.3 Å². The second kappa shape index (κ2) is 8.15. The van der Waals surface area contributed by atoms with E-state index in [4.69, 9.17) is 0 Å². The minimum atomic E-state index is 0.377. The number of aliphatic hydroxyl groups excluding tert-OH is 1. The quantitative estimate of drug-likeness (QED) is 0.594. The molecule has 0 heterocycles. The Morgan fingerprint density at radius 1 is 1.00 bits per heavy atom. The highest BCUT2D eigenvalue weighted by Crippen LogP contribution is 2.25. The van der Waals surface area contributed by atoms with E-state index in [0.29, 0.717) is 17.9 Å². The highest BCUT2D eigenvalue weighted by Gasteiger charge is 2.14. The van der Waals surface area contributed by atoms with Crippen molar-refractivity contribution in [3.05, 3.63) is 0 Å². The van der Waals surface area contributed by atoms with Gasteiger partial charge in [-0.15, -0.1) is 0 Å². The van der Waals surface area contributed by atoms with Gasteiger partial charge >= 0.3 is 0 Å². The van der Waals surface area contributed by atoms with Gasteiger partial charge in [-0.1, -0.05) is 53.4 Å². The second-order valence-electron chi connectivity index (χ2n) is 6.00. The lowest BCUT2D eigenvalue weighted by Crippen LogP contribution is -2.12. The standard InChI is InChI=1S/C14H30O/c1-5-6-7-8-9-13(12-15)10-11-14(2,3)4/h13,15H,5-12H2,1-4H3/t13-/m0/s1. The first-order valence-electron chi connectivity index (χ1n) is 6.60. The summed E-state index contributed by atoms with van der Waals surface area (Å²) in [6, 6.07) is 0. The van der Waals surface area contributed by atoms with Gasteiger partial charge in [0, 0.05) is 6.61 Å². The zero-order valence-corrected chi connectivity index (χ0v) is 11.2. The van der Waals surface area contributed by atoms with Crippen molar-refractivity contribution in [1.29, 1.82) is 0 Å². The predicted molar refractivity (Wildman–Crippen MR) is 68.0 cm³/mol. The molecule has 1 nitrogen and oxygen atoms in total. The van der Waals surface area contributed by atoms with Gasteiger partial charge < -0.3 is 5.11 Å². The number of hydrogen-bond donors (Lipinski definition) is 1. The van der Waals surface area contributed by atoms with Crippen molar-refractivity contribution in [1.82, 2.24) is 0 Å². The first-order valence-corrected chi connectivity index (χ1v) is 6.60. The van der Waals surface area contributed by atoms with Crippen LogP contribution in [-0.2, 0) is 0 Å². The maximum atomic E-state index is 9.28. The smallest absolute Gasteiger partial charge is 0.0459 e. The van der Waals surface area contributed by atoms with Crippen molar-refractivity contribution in [2.45, 2.75) is 72.6 Å². The number of aliphatic hydroxyl groups is 1. The Balaban J connectivity index is 3.55. The minimum Gasteiger partial charge on any atom is -0.396 e. The number of unbranched alkanes of at least 4 members (excludes halogenated alkanes) is 3. The molecule has 92 valence electrons. The van der Waals surface area contributed by atoms with E-state index in [2.05, 4.69) is 27.7 Å².